The molecule has 1 saturated carbocycles. The zero-order valence-corrected chi connectivity index (χ0v) is 27.4. The highest BCUT2D eigenvalue weighted by Crippen LogP contribution is 2.28. The predicted octanol–water partition coefficient (Wildman–Crippen LogP) is 6.98. The van der Waals surface area contributed by atoms with Gasteiger partial charge in [0.05, 0.1) is 10.6 Å². The highest BCUT2D eigenvalue weighted by Gasteiger charge is 2.35. The standard InChI is InChI=1S/C33H39Cl2N3O4S/c1-5-31(33(40)36-27-8-6-7-9-27)37(20-25-12-13-26(34)19-30(25)35)32(39)21-38(28-17-23(3)16-24(4)18-28)43(41,42)29-14-10-22(2)11-15-29/h10-19,27,31H,5-9,20-21H2,1-4H3,(H,36,40)/t31-/m1/s1. The Labute approximate surface area is 265 Å². The molecule has 1 fully saturated rings. The lowest BCUT2D eigenvalue weighted by Gasteiger charge is -2.34. The Hall–Kier alpha value is -3.07. The summed E-state index contributed by atoms with van der Waals surface area (Å²) in [5, 5.41) is 3.92. The summed E-state index contributed by atoms with van der Waals surface area (Å²) in [5.41, 5.74) is 3.61. The van der Waals surface area contributed by atoms with Crippen molar-refractivity contribution in [1.29, 1.82) is 0 Å². The molecule has 3 aromatic rings. The summed E-state index contributed by atoms with van der Waals surface area (Å²) >= 11 is 12.6. The molecule has 0 spiro atoms. The number of anilines is 1. The van der Waals surface area contributed by atoms with E-state index < -0.39 is 28.5 Å². The number of amides is 2. The number of nitrogens with one attached hydrogen (secondary N) is 1. The number of hydrogen-bond acceptors (Lipinski definition) is 4. The molecule has 43 heavy (non-hydrogen) atoms. The second-order valence-corrected chi connectivity index (χ2v) is 14.0. The molecule has 4 rings (SSSR count). The fourth-order valence-electron chi connectivity index (χ4n) is 5.58. The van der Waals surface area contributed by atoms with Crippen LogP contribution in [-0.4, -0.2) is 43.8 Å². The van der Waals surface area contributed by atoms with E-state index in [9.17, 15) is 18.0 Å². The number of nitrogens with zero attached hydrogens (tertiary/aromatic N) is 2. The third-order valence-electron chi connectivity index (χ3n) is 7.83. The van der Waals surface area contributed by atoms with Crippen LogP contribution in [0.3, 0.4) is 0 Å². The number of sulfonamides is 1. The highest BCUT2D eigenvalue weighted by molar-refractivity contribution is 7.92. The van der Waals surface area contributed by atoms with E-state index in [1.807, 2.05) is 33.8 Å². The minimum absolute atomic E-state index is 0.0106. The van der Waals surface area contributed by atoms with Crippen LogP contribution in [0.15, 0.2) is 65.6 Å². The normalized spacial score (nSPS) is 14.4. The molecule has 7 nitrogen and oxygen atoms in total. The number of hydrogen-bond donors (Lipinski definition) is 1. The Morgan fingerprint density at radius 2 is 1.53 bits per heavy atom. The van der Waals surface area contributed by atoms with Gasteiger partial charge in [-0.1, -0.05) is 72.8 Å². The first kappa shape index (κ1) is 32.8. The molecule has 230 valence electrons. The van der Waals surface area contributed by atoms with Gasteiger partial charge in [-0.2, -0.15) is 0 Å². The van der Waals surface area contributed by atoms with Crippen molar-refractivity contribution in [3.63, 3.8) is 0 Å². The summed E-state index contributed by atoms with van der Waals surface area (Å²) in [6.07, 6.45) is 4.23. The maximum absolute atomic E-state index is 14.3. The van der Waals surface area contributed by atoms with E-state index in [0.29, 0.717) is 27.7 Å². The monoisotopic (exact) mass is 643 g/mol. The van der Waals surface area contributed by atoms with Gasteiger partial charge in [0, 0.05) is 22.6 Å². The first-order valence-corrected chi connectivity index (χ1v) is 16.8. The van der Waals surface area contributed by atoms with Crippen molar-refractivity contribution in [3.8, 4) is 0 Å². The third kappa shape index (κ3) is 8.11. The first-order valence-electron chi connectivity index (χ1n) is 14.6. The molecule has 2 amide bonds. The van der Waals surface area contributed by atoms with Gasteiger partial charge in [-0.3, -0.25) is 13.9 Å². The van der Waals surface area contributed by atoms with E-state index in [0.717, 1.165) is 46.7 Å². The van der Waals surface area contributed by atoms with Crippen LogP contribution in [0.5, 0.6) is 0 Å². The van der Waals surface area contributed by atoms with Gasteiger partial charge < -0.3 is 10.2 Å². The van der Waals surface area contributed by atoms with Crippen LogP contribution in [0.2, 0.25) is 10.0 Å². The second-order valence-electron chi connectivity index (χ2n) is 11.3. The third-order valence-corrected chi connectivity index (χ3v) is 10.2. The number of halogens is 2. The summed E-state index contributed by atoms with van der Waals surface area (Å²) in [7, 11) is -4.15. The first-order chi connectivity index (χ1) is 20.4. The Kier molecular flexibility index (Phi) is 10.8. The zero-order chi connectivity index (χ0) is 31.3. The number of rotatable bonds is 11. The topological polar surface area (TPSA) is 86.8 Å². The van der Waals surface area contributed by atoms with E-state index in [4.69, 9.17) is 23.2 Å². The van der Waals surface area contributed by atoms with E-state index in [1.54, 1.807) is 54.6 Å². The minimum atomic E-state index is -4.15. The lowest BCUT2D eigenvalue weighted by Crippen LogP contribution is -2.53. The molecule has 1 aliphatic rings. The average molecular weight is 645 g/mol. The maximum atomic E-state index is 14.3. The lowest BCUT2D eigenvalue weighted by molar-refractivity contribution is -0.140. The maximum Gasteiger partial charge on any atom is 0.264 e. The van der Waals surface area contributed by atoms with E-state index >= 15 is 0 Å². The summed E-state index contributed by atoms with van der Waals surface area (Å²) in [5.74, 6) is -0.776. The molecule has 3 aromatic carbocycles. The number of carbonyl (C=O) groups excluding carboxylic acids is 2. The van der Waals surface area contributed by atoms with Crippen molar-refractivity contribution < 1.29 is 18.0 Å². The Morgan fingerprint density at radius 3 is 2.12 bits per heavy atom. The van der Waals surface area contributed by atoms with Gasteiger partial charge >= 0.3 is 0 Å². The smallest absolute Gasteiger partial charge is 0.264 e. The molecule has 0 unspecified atom stereocenters. The van der Waals surface area contributed by atoms with Crippen molar-refractivity contribution in [3.05, 3.63) is 93.0 Å². The van der Waals surface area contributed by atoms with Gasteiger partial charge in [0.25, 0.3) is 10.0 Å². The molecule has 1 aliphatic carbocycles. The molecule has 0 saturated heterocycles. The van der Waals surface area contributed by atoms with Crippen LogP contribution < -0.4 is 9.62 Å². The predicted molar refractivity (Wildman–Crippen MR) is 173 cm³/mol. The number of carbonyl (C=O) groups is 2. The van der Waals surface area contributed by atoms with Crippen LogP contribution >= 0.6 is 23.2 Å². The van der Waals surface area contributed by atoms with Gasteiger partial charge in [-0.05, 0) is 93.1 Å². The SMILES string of the molecule is CC[C@H](C(=O)NC1CCCC1)N(Cc1ccc(Cl)cc1Cl)C(=O)CN(c1cc(C)cc(C)c1)S(=O)(=O)c1ccc(C)cc1. The Balaban J connectivity index is 1.76. The summed E-state index contributed by atoms with van der Waals surface area (Å²) in [4.78, 5) is 29.5. The highest BCUT2D eigenvalue weighted by atomic mass is 35.5. The van der Waals surface area contributed by atoms with Crippen LogP contribution in [0.4, 0.5) is 5.69 Å². The van der Waals surface area contributed by atoms with Crippen LogP contribution in [-0.2, 0) is 26.2 Å². The number of aryl methyl sites for hydroxylation is 3. The molecular weight excluding hydrogens is 605 g/mol. The van der Waals surface area contributed by atoms with Gasteiger partial charge in [0.2, 0.25) is 11.8 Å². The fraction of sp³-hybridized carbons (Fsp3) is 0.394. The quantitative estimate of drug-likeness (QED) is 0.244. The van der Waals surface area contributed by atoms with Crippen LogP contribution in [0.25, 0.3) is 0 Å². The van der Waals surface area contributed by atoms with Crippen molar-refractivity contribution >= 4 is 50.7 Å². The molecule has 0 radical (unpaired) electrons. The van der Waals surface area contributed by atoms with Crippen molar-refractivity contribution in [2.24, 2.45) is 0 Å². The lowest BCUT2D eigenvalue weighted by atomic mass is 10.1. The fourth-order valence-corrected chi connectivity index (χ4v) is 7.45. The molecule has 1 N–H and O–H groups in total. The van der Waals surface area contributed by atoms with E-state index in [2.05, 4.69) is 5.32 Å². The van der Waals surface area contributed by atoms with Gasteiger partial charge in [-0.15, -0.1) is 0 Å². The minimum Gasteiger partial charge on any atom is -0.352 e. The molecule has 0 bridgehead atoms. The molecular formula is C33H39Cl2N3O4S. The molecule has 1 atom stereocenters. The largest absolute Gasteiger partial charge is 0.352 e. The van der Waals surface area contributed by atoms with E-state index in [-0.39, 0.29) is 23.4 Å². The molecule has 0 aliphatic heterocycles. The summed E-state index contributed by atoms with van der Waals surface area (Å²) in [6, 6.07) is 16.2. The molecule has 0 aromatic heterocycles. The van der Waals surface area contributed by atoms with Crippen LogP contribution in [0.1, 0.15) is 61.3 Å². The van der Waals surface area contributed by atoms with Crippen molar-refractivity contribution in [1.82, 2.24) is 10.2 Å². The molecule has 10 heteroatoms. The Morgan fingerprint density at radius 1 is 0.907 bits per heavy atom. The average Bonchev–Trinajstić information content (AvgIpc) is 3.45. The van der Waals surface area contributed by atoms with Gasteiger partial charge in [0.1, 0.15) is 12.6 Å². The van der Waals surface area contributed by atoms with Crippen molar-refractivity contribution in [2.75, 3.05) is 10.8 Å². The van der Waals surface area contributed by atoms with Gasteiger partial charge in [-0.25, -0.2) is 8.42 Å². The second kappa shape index (κ2) is 14.1. The molecule has 0 heterocycles. The summed E-state index contributed by atoms with van der Waals surface area (Å²) in [6.45, 7) is 6.99. The summed E-state index contributed by atoms with van der Waals surface area (Å²) < 4.78 is 29.4. The number of benzene rings is 3. The Bertz CT molecular complexity index is 1550. The van der Waals surface area contributed by atoms with Gasteiger partial charge in [0.15, 0.2) is 0 Å². The van der Waals surface area contributed by atoms with Crippen LogP contribution in [0, 0.1) is 20.8 Å². The zero-order valence-electron chi connectivity index (χ0n) is 25.1. The van der Waals surface area contributed by atoms with E-state index in [1.165, 1.54) is 4.90 Å². The van der Waals surface area contributed by atoms with Crippen molar-refractivity contribution in [2.45, 2.75) is 83.3 Å².